The van der Waals surface area contributed by atoms with E-state index in [0.29, 0.717) is 6.07 Å². The monoisotopic (exact) mass is 621 g/mol. The molecule has 0 aromatic heterocycles. The summed E-state index contributed by atoms with van der Waals surface area (Å²) in [6.07, 6.45) is -11.4. The highest BCUT2D eigenvalue weighted by Gasteiger charge is 2.41. The number of hydrogen-bond acceptors (Lipinski definition) is 1. The fourth-order valence-electron chi connectivity index (χ4n) is 3.90. The van der Waals surface area contributed by atoms with Crippen LogP contribution in [0.2, 0.25) is 5.02 Å². The molecular formula is C24H18BrClF9NO. The van der Waals surface area contributed by atoms with Gasteiger partial charge in [0.05, 0.1) is 16.1 Å². The summed E-state index contributed by atoms with van der Waals surface area (Å²) in [5, 5.41) is 2.37. The molecule has 0 bridgehead atoms. The minimum atomic E-state index is -5.16. The van der Waals surface area contributed by atoms with E-state index >= 15 is 0 Å². The lowest BCUT2D eigenvalue weighted by molar-refractivity contribution is -0.140. The van der Waals surface area contributed by atoms with E-state index in [0.717, 1.165) is 24.3 Å². The molecule has 0 heterocycles. The molecule has 3 rings (SSSR count). The number of allylic oxidation sites excluding steroid dienone is 1. The van der Waals surface area contributed by atoms with Crippen molar-refractivity contribution in [3.8, 4) is 0 Å². The van der Waals surface area contributed by atoms with E-state index in [2.05, 4.69) is 21.2 Å². The number of nitrogens with one attached hydrogen (secondary N) is 1. The van der Waals surface area contributed by atoms with E-state index in [-0.39, 0.29) is 34.5 Å². The Bertz CT molecular complexity index is 1180. The summed E-state index contributed by atoms with van der Waals surface area (Å²) in [7, 11) is 0. The van der Waals surface area contributed by atoms with Crippen LogP contribution in [0.1, 0.15) is 58.6 Å². The third kappa shape index (κ3) is 7.43. The van der Waals surface area contributed by atoms with Crippen molar-refractivity contribution in [1.82, 2.24) is 5.32 Å². The molecule has 1 fully saturated rings. The van der Waals surface area contributed by atoms with Crippen molar-refractivity contribution in [1.29, 1.82) is 0 Å². The second-order valence-corrected chi connectivity index (χ2v) is 9.83. The van der Waals surface area contributed by atoms with Crippen LogP contribution < -0.4 is 5.32 Å². The number of rotatable bonds is 5. The molecule has 0 radical (unpaired) electrons. The van der Waals surface area contributed by atoms with Gasteiger partial charge in [0.2, 0.25) is 5.92 Å². The van der Waals surface area contributed by atoms with Crippen LogP contribution in [-0.4, -0.2) is 24.0 Å². The highest BCUT2D eigenvalue weighted by Crippen LogP contribution is 2.41. The zero-order chi connectivity index (χ0) is 27.8. The van der Waals surface area contributed by atoms with Gasteiger partial charge in [0.1, 0.15) is 11.7 Å². The summed E-state index contributed by atoms with van der Waals surface area (Å²) in [5.74, 6) is -8.24. The molecule has 0 aliphatic heterocycles. The molecule has 1 atom stereocenters. The van der Waals surface area contributed by atoms with Crippen LogP contribution in [0.25, 0.3) is 5.83 Å². The van der Waals surface area contributed by atoms with Crippen LogP contribution in [-0.2, 0) is 6.18 Å². The number of hydrogen-bond donors (Lipinski definition) is 1. The molecule has 1 amide bonds. The first kappa shape index (κ1) is 29.3. The van der Waals surface area contributed by atoms with Crippen molar-refractivity contribution < 1.29 is 44.3 Å². The Hall–Kier alpha value is -2.21. The molecule has 2 aromatic rings. The second-order valence-electron chi connectivity index (χ2n) is 8.57. The van der Waals surface area contributed by atoms with E-state index < -0.39 is 77.1 Å². The average molecular weight is 623 g/mol. The molecule has 0 saturated heterocycles. The quantitative estimate of drug-likeness (QED) is 0.331. The zero-order valence-electron chi connectivity index (χ0n) is 18.6. The van der Waals surface area contributed by atoms with Gasteiger partial charge in [-0.05, 0) is 64.7 Å². The second kappa shape index (κ2) is 10.9. The van der Waals surface area contributed by atoms with Gasteiger partial charge in [0.15, 0.2) is 0 Å². The Balaban J connectivity index is 1.94. The summed E-state index contributed by atoms with van der Waals surface area (Å²) < 4.78 is 124. The molecule has 37 heavy (non-hydrogen) atoms. The van der Waals surface area contributed by atoms with Gasteiger partial charge in [-0.3, -0.25) is 4.79 Å². The largest absolute Gasteiger partial charge is 0.417 e. The maximum absolute atomic E-state index is 14.9. The molecular weight excluding hydrogens is 605 g/mol. The normalized spacial score (nSPS) is 18.0. The van der Waals surface area contributed by atoms with Crippen molar-refractivity contribution in [2.75, 3.05) is 0 Å². The van der Waals surface area contributed by atoms with Crippen LogP contribution in [0.3, 0.4) is 0 Å². The van der Waals surface area contributed by atoms with Crippen molar-refractivity contribution >= 4 is 39.3 Å². The summed E-state index contributed by atoms with van der Waals surface area (Å²) in [6, 6.07) is 4.01. The van der Waals surface area contributed by atoms with Gasteiger partial charge in [-0.15, -0.1) is 0 Å². The standard InChI is InChI=1S/C24H18BrClF9NO/c25-18-10-12(2-4-19(18)26)16(23(30,31)32)11-20(27)13-1-3-15(17(9-13)24(33,34)35)21(37)36-14-5-7-22(28,29)8-6-14/h1-4,9-11,14,16H,5-8H2,(H,36,37)/b20-11-. The lowest BCUT2D eigenvalue weighted by Gasteiger charge is -2.29. The third-order valence-electron chi connectivity index (χ3n) is 5.87. The summed E-state index contributed by atoms with van der Waals surface area (Å²) in [4.78, 5) is 12.5. The number of halogens is 11. The van der Waals surface area contributed by atoms with Crippen LogP contribution in [0.4, 0.5) is 39.5 Å². The van der Waals surface area contributed by atoms with Crippen LogP contribution in [0.5, 0.6) is 0 Å². The third-order valence-corrected chi connectivity index (χ3v) is 7.08. The minimum Gasteiger partial charge on any atom is -0.349 e. The molecule has 1 unspecified atom stereocenters. The number of alkyl halides is 8. The SMILES string of the molecule is O=C(NC1CCC(F)(F)CC1)c1ccc(/C(F)=C/C(c2ccc(Cl)c(Br)c2)C(F)(F)F)cc1C(F)(F)F. The van der Waals surface area contributed by atoms with Gasteiger partial charge < -0.3 is 5.32 Å². The lowest BCUT2D eigenvalue weighted by Crippen LogP contribution is -2.40. The maximum atomic E-state index is 14.9. The maximum Gasteiger partial charge on any atom is 0.417 e. The number of benzene rings is 2. The van der Waals surface area contributed by atoms with Crippen LogP contribution in [0, 0.1) is 0 Å². The Morgan fingerprint density at radius 2 is 1.68 bits per heavy atom. The number of carbonyl (C=O) groups is 1. The van der Waals surface area contributed by atoms with Gasteiger partial charge in [-0.25, -0.2) is 13.2 Å². The van der Waals surface area contributed by atoms with E-state index in [4.69, 9.17) is 11.6 Å². The number of carbonyl (C=O) groups excluding carboxylic acids is 1. The molecule has 2 nitrogen and oxygen atoms in total. The topological polar surface area (TPSA) is 29.1 Å². The van der Waals surface area contributed by atoms with E-state index in [1.807, 2.05) is 0 Å². The molecule has 1 aliphatic carbocycles. The van der Waals surface area contributed by atoms with Gasteiger partial charge in [-0.2, -0.15) is 26.3 Å². The summed E-state index contributed by atoms with van der Waals surface area (Å²) in [6.45, 7) is 0. The van der Waals surface area contributed by atoms with Crippen LogP contribution >= 0.6 is 27.5 Å². The predicted molar refractivity (Wildman–Crippen MR) is 123 cm³/mol. The minimum absolute atomic E-state index is 0.0970. The van der Waals surface area contributed by atoms with Gasteiger partial charge >= 0.3 is 12.4 Å². The Morgan fingerprint density at radius 3 is 2.22 bits per heavy atom. The van der Waals surface area contributed by atoms with Gasteiger partial charge in [-0.1, -0.05) is 23.7 Å². The first-order valence-corrected chi connectivity index (χ1v) is 11.9. The first-order valence-electron chi connectivity index (χ1n) is 10.8. The number of amides is 1. The first-order chi connectivity index (χ1) is 17.0. The molecule has 0 spiro atoms. The van der Waals surface area contributed by atoms with Gasteiger partial charge in [0.25, 0.3) is 5.91 Å². The van der Waals surface area contributed by atoms with Crippen molar-refractivity contribution in [2.45, 2.75) is 55.9 Å². The van der Waals surface area contributed by atoms with Crippen LogP contribution in [0.15, 0.2) is 46.9 Å². The molecule has 1 aliphatic rings. The zero-order valence-corrected chi connectivity index (χ0v) is 20.9. The Morgan fingerprint density at radius 1 is 1.05 bits per heavy atom. The van der Waals surface area contributed by atoms with Crippen molar-refractivity contribution in [3.05, 3.63) is 74.2 Å². The Kier molecular flexibility index (Phi) is 8.63. The van der Waals surface area contributed by atoms with Crippen molar-refractivity contribution in [2.24, 2.45) is 0 Å². The molecule has 13 heteroatoms. The molecule has 202 valence electrons. The summed E-state index contributed by atoms with van der Waals surface area (Å²) in [5.41, 5.74) is -3.73. The highest BCUT2D eigenvalue weighted by molar-refractivity contribution is 9.10. The fourth-order valence-corrected chi connectivity index (χ4v) is 4.42. The lowest BCUT2D eigenvalue weighted by atomic mass is 9.91. The highest BCUT2D eigenvalue weighted by atomic mass is 79.9. The molecule has 1 saturated carbocycles. The average Bonchev–Trinajstić information content (AvgIpc) is 2.79. The van der Waals surface area contributed by atoms with Gasteiger partial charge in [0, 0.05) is 28.9 Å². The predicted octanol–water partition coefficient (Wildman–Crippen LogP) is 9.09. The van der Waals surface area contributed by atoms with E-state index in [1.54, 1.807) is 0 Å². The fraction of sp³-hybridized carbons (Fsp3) is 0.375. The molecule has 2 aromatic carbocycles. The van der Waals surface area contributed by atoms with Crippen molar-refractivity contribution in [3.63, 3.8) is 0 Å². The Labute approximate surface area is 219 Å². The smallest absolute Gasteiger partial charge is 0.349 e. The molecule has 1 N–H and O–H groups in total. The van der Waals surface area contributed by atoms with E-state index in [9.17, 15) is 44.3 Å². The van der Waals surface area contributed by atoms with E-state index in [1.165, 1.54) is 0 Å². The summed E-state index contributed by atoms with van der Waals surface area (Å²) >= 11 is 8.76.